The number of amides is 3. The number of likely N-dealkylation sites (N-methyl/N-ethyl adjacent to an activating group) is 1. The molecule has 0 radical (unpaired) electrons. The highest BCUT2D eigenvalue weighted by Crippen LogP contribution is 2.12. The summed E-state index contributed by atoms with van der Waals surface area (Å²) in [7, 11) is 1.50. The van der Waals surface area contributed by atoms with Crippen LogP contribution in [0.2, 0.25) is 0 Å². The number of aliphatic carboxylic acids is 3. The predicted molar refractivity (Wildman–Crippen MR) is 142 cm³/mol. The Morgan fingerprint density at radius 2 is 1.00 bits per heavy atom. The molecule has 15 nitrogen and oxygen atoms in total. The minimum absolute atomic E-state index is 0.0302. The van der Waals surface area contributed by atoms with Crippen molar-refractivity contribution in [3.05, 3.63) is 29.8 Å². The number of phenols is 1. The predicted octanol–water partition coefficient (Wildman–Crippen LogP) is -0.839. The first-order valence-corrected chi connectivity index (χ1v) is 12.8. The van der Waals surface area contributed by atoms with Crippen molar-refractivity contribution < 1.29 is 54.0 Å². The third-order valence-electron chi connectivity index (χ3n) is 6.05. The molecule has 0 aliphatic carbocycles. The van der Waals surface area contributed by atoms with Gasteiger partial charge in [-0.1, -0.05) is 12.1 Å². The van der Waals surface area contributed by atoms with Crippen molar-refractivity contribution in [3.63, 3.8) is 0 Å². The first kappa shape index (κ1) is 34.5. The van der Waals surface area contributed by atoms with E-state index < -0.39 is 91.3 Å². The Kier molecular flexibility index (Phi) is 14.5. The minimum Gasteiger partial charge on any atom is -0.508 e. The van der Waals surface area contributed by atoms with Crippen LogP contribution in [-0.2, 0) is 40.0 Å². The fourth-order valence-corrected chi connectivity index (χ4v) is 3.73. The molecule has 4 atom stereocenters. The van der Waals surface area contributed by atoms with E-state index in [0.717, 1.165) is 6.92 Å². The zero-order valence-corrected chi connectivity index (χ0v) is 22.7. The zero-order valence-electron chi connectivity index (χ0n) is 22.7. The molecule has 0 bridgehead atoms. The van der Waals surface area contributed by atoms with Crippen molar-refractivity contribution >= 4 is 41.4 Å². The van der Waals surface area contributed by atoms with Crippen molar-refractivity contribution in [2.45, 2.75) is 76.0 Å². The highest BCUT2D eigenvalue weighted by atomic mass is 16.4. The van der Waals surface area contributed by atoms with Crippen LogP contribution in [0.1, 0.15) is 51.0 Å². The number of hydrogen-bond acceptors (Lipinski definition) is 9. The van der Waals surface area contributed by atoms with E-state index in [4.69, 9.17) is 15.3 Å². The molecular weight excluding hydrogens is 544 g/mol. The van der Waals surface area contributed by atoms with Gasteiger partial charge in [0.25, 0.3) is 0 Å². The van der Waals surface area contributed by atoms with Crippen LogP contribution in [0.5, 0.6) is 5.75 Å². The van der Waals surface area contributed by atoms with Crippen LogP contribution in [-0.4, -0.2) is 93.1 Å². The molecule has 15 heteroatoms. The maximum Gasteiger partial charge on any atom is 0.303 e. The van der Waals surface area contributed by atoms with E-state index in [-0.39, 0.29) is 25.0 Å². The van der Waals surface area contributed by atoms with Gasteiger partial charge in [0.15, 0.2) is 5.78 Å². The molecule has 4 unspecified atom stereocenters. The largest absolute Gasteiger partial charge is 0.508 e. The summed E-state index contributed by atoms with van der Waals surface area (Å²) in [6.45, 7) is 1.13. The normalized spacial score (nSPS) is 13.6. The standard InChI is InChI=1S/C26H36N4O11/c1-14(31)17(7-10-21(33)34)28-24(39)18(8-11-22(35)36)29-25(40)19(9-12-23(37)38)30-26(41)20(27-2)13-15-3-5-16(32)6-4-15/h3-6,17-20,27,32H,7-13H2,1-2H3,(H,28,39)(H,29,40)(H,30,41)(H,33,34)(H,35,36)(H,37,38). The number of carbonyl (C=O) groups excluding carboxylic acids is 4. The van der Waals surface area contributed by atoms with E-state index in [1.165, 1.54) is 19.2 Å². The second-order valence-corrected chi connectivity index (χ2v) is 9.30. The van der Waals surface area contributed by atoms with Gasteiger partial charge >= 0.3 is 17.9 Å². The molecule has 1 aromatic rings. The lowest BCUT2D eigenvalue weighted by Crippen LogP contribution is -2.57. The Labute approximate surface area is 235 Å². The SMILES string of the molecule is CNC(Cc1ccc(O)cc1)C(=O)NC(CCC(=O)O)C(=O)NC(CCC(=O)O)C(=O)NC(CCC(=O)O)C(C)=O. The Bertz CT molecular complexity index is 1110. The molecule has 0 saturated heterocycles. The number of ketones is 1. The molecule has 0 heterocycles. The van der Waals surface area contributed by atoms with Gasteiger partial charge in [0.2, 0.25) is 17.7 Å². The molecule has 0 aromatic heterocycles. The number of rotatable bonds is 19. The van der Waals surface area contributed by atoms with Crippen molar-refractivity contribution in [2.24, 2.45) is 0 Å². The summed E-state index contributed by atoms with van der Waals surface area (Å²) < 4.78 is 0. The molecule has 3 amide bonds. The number of phenolic OH excluding ortho intramolecular Hbond substituents is 1. The molecular formula is C26H36N4O11. The highest BCUT2D eigenvalue weighted by molar-refractivity contribution is 5.95. The summed E-state index contributed by atoms with van der Waals surface area (Å²) >= 11 is 0. The molecule has 0 fully saturated rings. The monoisotopic (exact) mass is 580 g/mol. The van der Waals surface area contributed by atoms with Crippen LogP contribution in [0.15, 0.2) is 24.3 Å². The topological polar surface area (TPSA) is 249 Å². The van der Waals surface area contributed by atoms with Crippen molar-refractivity contribution in [1.82, 2.24) is 21.3 Å². The first-order valence-electron chi connectivity index (χ1n) is 12.8. The van der Waals surface area contributed by atoms with E-state index in [9.17, 15) is 38.7 Å². The van der Waals surface area contributed by atoms with E-state index in [0.29, 0.717) is 5.56 Å². The molecule has 0 aliphatic heterocycles. The number of hydrogen-bond donors (Lipinski definition) is 8. The number of nitrogens with one attached hydrogen (secondary N) is 4. The van der Waals surface area contributed by atoms with Crippen LogP contribution >= 0.6 is 0 Å². The zero-order chi connectivity index (χ0) is 31.1. The fraction of sp³-hybridized carbons (Fsp3) is 0.500. The molecule has 0 spiro atoms. The van der Waals surface area contributed by atoms with Gasteiger partial charge in [0.05, 0.1) is 12.1 Å². The van der Waals surface area contributed by atoms with Crippen LogP contribution < -0.4 is 21.3 Å². The maximum absolute atomic E-state index is 13.2. The number of aromatic hydroxyl groups is 1. The summed E-state index contributed by atoms with van der Waals surface area (Å²) in [6.07, 6.45) is -2.35. The van der Waals surface area contributed by atoms with Crippen LogP contribution in [0.4, 0.5) is 0 Å². The van der Waals surface area contributed by atoms with E-state index in [1.807, 2.05) is 0 Å². The van der Waals surface area contributed by atoms with Crippen molar-refractivity contribution in [3.8, 4) is 5.75 Å². The first-order chi connectivity index (χ1) is 19.2. The molecule has 8 N–H and O–H groups in total. The lowest BCUT2D eigenvalue weighted by atomic mass is 10.0. The van der Waals surface area contributed by atoms with Gasteiger partial charge in [-0.2, -0.15) is 0 Å². The quantitative estimate of drug-likeness (QED) is 0.0998. The van der Waals surface area contributed by atoms with Gasteiger partial charge in [0, 0.05) is 19.3 Å². The van der Waals surface area contributed by atoms with Crippen molar-refractivity contribution in [2.75, 3.05) is 7.05 Å². The third-order valence-corrected chi connectivity index (χ3v) is 6.05. The Balaban J connectivity index is 3.09. The maximum atomic E-state index is 13.2. The average molecular weight is 581 g/mol. The summed E-state index contributed by atoms with van der Waals surface area (Å²) in [5.74, 6) is -6.85. The fourth-order valence-electron chi connectivity index (χ4n) is 3.73. The third kappa shape index (κ3) is 13.4. The van der Waals surface area contributed by atoms with Gasteiger partial charge in [-0.3, -0.25) is 33.6 Å². The number of carboxylic acid groups (broad SMARTS) is 3. The van der Waals surface area contributed by atoms with E-state index in [1.54, 1.807) is 12.1 Å². The Morgan fingerprint density at radius 1 is 0.634 bits per heavy atom. The van der Waals surface area contributed by atoms with Gasteiger partial charge < -0.3 is 41.7 Å². The molecule has 0 saturated carbocycles. The Morgan fingerprint density at radius 3 is 1.37 bits per heavy atom. The molecule has 1 rings (SSSR count). The Hall–Kier alpha value is -4.53. The molecule has 41 heavy (non-hydrogen) atoms. The molecule has 226 valence electrons. The summed E-state index contributed by atoms with van der Waals surface area (Å²) in [6, 6.07) is 1.07. The highest BCUT2D eigenvalue weighted by Gasteiger charge is 2.31. The number of carboxylic acids is 3. The summed E-state index contributed by atoms with van der Waals surface area (Å²) in [4.78, 5) is 84.2. The molecule has 1 aromatic carbocycles. The van der Waals surface area contributed by atoms with E-state index >= 15 is 0 Å². The second kappa shape index (κ2) is 17.2. The van der Waals surface area contributed by atoms with Gasteiger partial charge in [-0.05, 0) is 57.4 Å². The van der Waals surface area contributed by atoms with Gasteiger partial charge in [-0.25, -0.2) is 0 Å². The summed E-state index contributed by atoms with van der Waals surface area (Å²) in [5.41, 5.74) is 0.678. The van der Waals surface area contributed by atoms with Crippen LogP contribution in [0, 0.1) is 0 Å². The van der Waals surface area contributed by atoms with Crippen LogP contribution in [0.3, 0.4) is 0 Å². The number of Topliss-reactive ketones (excluding diaryl/α,β-unsaturated/α-hetero) is 1. The molecule has 0 aliphatic rings. The van der Waals surface area contributed by atoms with E-state index in [2.05, 4.69) is 21.3 Å². The smallest absolute Gasteiger partial charge is 0.303 e. The summed E-state index contributed by atoms with van der Waals surface area (Å²) in [5, 5.41) is 46.5. The van der Waals surface area contributed by atoms with Crippen LogP contribution in [0.25, 0.3) is 0 Å². The van der Waals surface area contributed by atoms with Crippen molar-refractivity contribution in [1.29, 1.82) is 0 Å². The lowest BCUT2D eigenvalue weighted by Gasteiger charge is -2.25. The number of benzene rings is 1. The van der Waals surface area contributed by atoms with Gasteiger partial charge in [-0.15, -0.1) is 0 Å². The minimum atomic E-state index is -1.49. The number of carbonyl (C=O) groups is 7. The average Bonchev–Trinajstić information content (AvgIpc) is 2.89. The van der Waals surface area contributed by atoms with Gasteiger partial charge in [0.1, 0.15) is 17.8 Å². The second-order valence-electron chi connectivity index (χ2n) is 9.30. The lowest BCUT2D eigenvalue weighted by molar-refractivity contribution is -0.140.